The maximum absolute atomic E-state index is 13.4. The number of benzene rings is 2. The van der Waals surface area contributed by atoms with Gasteiger partial charge in [0, 0.05) is 26.8 Å². The summed E-state index contributed by atoms with van der Waals surface area (Å²) in [5.74, 6) is -0.432. The van der Waals surface area contributed by atoms with Crippen molar-refractivity contribution in [1.82, 2.24) is 10.6 Å². The third kappa shape index (κ3) is 4.79. The van der Waals surface area contributed by atoms with Crippen LogP contribution in [0.1, 0.15) is 30.9 Å². The third-order valence-electron chi connectivity index (χ3n) is 5.53. The standard InChI is InChI=1S/C21H23Br2FN2O/c1-14(20(27)26-13-15-10-17(22)12-18(23)11-15)21(6-8-25-9-7-21)16-2-4-19(24)5-3-16/h2-5,10-12,14,25H,6-9,13H2,1H3,(H,26,27). The van der Waals surface area contributed by atoms with Gasteiger partial charge >= 0.3 is 0 Å². The van der Waals surface area contributed by atoms with Gasteiger partial charge in [-0.05, 0) is 67.4 Å². The fourth-order valence-electron chi connectivity index (χ4n) is 3.93. The largest absolute Gasteiger partial charge is 0.352 e. The van der Waals surface area contributed by atoms with Crippen LogP contribution >= 0.6 is 31.9 Å². The van der Waals surface area contributed by atoms with E-state index in [9.17, 15) is 9.18 Å². The fourth-order valence-corrected chi connectivity index (χ4v) is 5.32. The predicted octanol–water partition coefficient (Wildman–Crippen LogP) is 4.92. The molecule has 27 heavy (non-hydrogen) atoms. The Morgan fingerprint density at radius 1 is 1.15 bits per heavy atom. The van der Waals surface area contributed by atoms with Gasteiger partial charge in [-0.1, -0.05) is 50.9 Å². The number of hydrogen-bond donors (Lipinski definition) is 2. The van der Waals surface area contributed by atoms with Crippen LogP contribution in [0, 0.1) is 11.7 Å². The first kappa shape index (κ1) is 20.5. The second kappa shape index (κ2) is 8.84. The van der Waals surface area contributed by atoms with Crippen LogP contribution in [0.25, 0.3) is 0 Å². The molecule has 0 aliphatic carbocycles. The molecule has 1 aliphatic rings. The van der Waals surface area contributed by atoms with Crippen molar-refractivity contribution >= 4 is 37.8 Å². The SMILES string of the molecule is CC(C(=O)NCc1cc(Br)cc(Br)c1)C1(c2ccc(F)cc2)CCNCC1. The lowest BCUT2D eigenvalue weighted by Crippen LogP contribution is -2.49. The van der Waals surface area contributed by atoms with Gasteiger partial charge in [-0.3, -0.25) is 4.79 Å². The summed E-state index contributed by atoms with van der Waals surface area (Å²) >= 11 is 6.95. The topological polar surface area (TPSA) is 41.1 Å². The molecule has 6 heteroatoms. The number of carbonyl (C=O) groups excluding carboxylic acids is 1. The number of halogens is 3. The van der Waals surface area contributed by atoms with Gasteiger partial charge in [0.1, 0.15) is 5.82 Å². The smallest absolute Gasteiger partial charge is 0.223 e. The van der Waals surface area contributed by atoms with Gasteiger partial charge in [0.25, 0.3) is 0 Å². The molecule has 0 aromatic heterocycles. The summed E-state index contributed by atoms with van der Waals surface area (Å²) in [5, 5.41) is 6.45. The highest BCUT2D eigenvalue weighted by atomic mass is 79.9. The van der Waals surface area contributed by atoms with E-state index in [0.29, 0.717) is 6.54 Å². The van der Waals surface area contributed by atoms with E-state index in [2.05, 4.69) is 42.5 Å². The molecule has 1 amide bonds. The first-order valence-electron chi connectivity index (χ1n) is 9.10. The van der Waals surface area contributed by atoms with E-state index >= 15 is 0 Å². The molecule has 0 saturated carbocycles. The van der Waals surface area contributed by atoms with Crippen molar-refractivity contribution in [3.05, 3.63) is 68.4 Å². The minimum atomic E-state index is -0.277. The predicted molar refractivity (Wildman–Crippen MR) is 113 cm³/mol. The Bertz CT molecular complexity index is 784. The maximum atomic E-state index is 13.4. The van der Waals surface area contributed by atoms with Crippen LogP contribution in [-0.4, -0.2) is 19.0 Å². The molecule has 144 valence electrons. The van der Waals surface area contributed by atoms with E-state index in [4.69, 9.17) is 0 Å². The lowest BCUT2D eigenvalue weighted by molar-refractivity contribution is -0.127. The van der Waals surface area contributed by atoms with Crippen molar-refractivity contribution in [2.45, 2.75) is 31.7 Å². The zero-order chi connectivity index (χ0) is 19.4. The second-order valence-electron chi connectivity index (χ2n) is 7.13. The van der Waals surface area contributed by atoms with Crippen molar-refractivity contribution in [2.75, 3.05) is 13.1 Å². The van der Waals surface area contributed by atoms with Gasteiger partial charge < -0.3 is 10.6 Å². The van der Waals surface area contributed by atoms with Gasteiger partial charge in [-0.2, -0.15) is 0 Å². The zero-order valence-electron chi connectivity index (χ0n) is 15.2. The molecule has 1 atom stereocenters. The van der Waals surface area contributed by atoms with Gasteiger partial charge in [0.2, 0.25) is 5.91 Å². The molecule has 1 fully saturated rings. The minimum absolute atomic E-state index is 0.0253. The monoisotopic (exact) mass is 496 g/mol. The lowest BCUT2D eigenvalue weighted by Gasteiger charge is -2.42. The summed E-state index contributed by atoms with van der Waals surface area (Å²) in [6, 6.07) is 12.6. The molecule has 3 nitrogen and oxygen atoms in total. The quantitative estimate of drug-likeness (QED) is 0.615. The fraction of sp³-hybridized carbons (Fsp3) is 0.381. The van der Waals surface area contributed by atoms with E-state index in [0.717, 1.165) is 46.0 Å². The number of nitrogens with one attached hydrogen (secondary N) is 2. The Kier molecular flexibility index (Phi) is 6.71. The average molecular weight is 498 g/mol. The molecule has 0 spiro atoms. The second-order valence-corrected chi connectivity index (χ2v) is 8.96. The van der Waals surface area contributed by atoms with Gasteiger partial charge in [0.05, 0.1) is 0 Å². The average Bonchev–Trinajstić information content (AvgIpc) is 2.66. The molecule has 1 unspecified atom stereocenters. The highest BCUT2D eigenvalue weighted by Gasteiger charge is 2.42. The molecule has 2 aromatic rings. The Morgan fingerprint density at radius 2 is 1.74 bits per heavy atom. The first-order valence-corrected chi connectivity index (χ1v) is 10.7. The van der Waals surface area contributed by atoms with E-state index in [1.165, 1.54) is 12.1 Å². The molecule has 3 rings (SSSR count). The van der Waals surface area contributed by atoms with Crippen molar-refractivity contribution in [3.63, 3.8) is 0 Å². The van der Waals surface area contributed by atoms with Crippen LogP contribution in [0.4, 0.5) is 4.39 Å². The number of hydrogen-bond acceptors (Lipinski definition) is 2. The van der Waals surface area contributed by atoms with Crippen LogP contribution in [0.5, 0.6) is 0 Å². The van der Waals surface area contributed by atoms with Crippen LogP contribution < -0.4 is 10.6 Å². The number of amides is 1. The molecule has 1 saturated heterocycles. The molecular formula is C21H23Br2FN2O. The minimum Gasteiger partial charge on any atom is -0.352 e. The van der Waals surface area contributed by atoms with E-state index in [1.807, 2.05) is 37.3 Å². The third-order valence-corrected chi connectivity index (χ3v) is 6.44. The summed E-state index contributed by atoms with van der Waals surface area (Å²) in [6.45, 7) is 4.17. The molecule has 2 N–H and O–H groups in total. The van der Waals surface area contributed by atoms with Crippen molar-refractivity contribution in [2.24, 2.45) is 5.92 Å². The summed E-state index contributed by atoms with van der Waals surface area (Å²) in [6.07, 6.45) is 1.71. The molecule has 0 bridgehead atoms. The van der Waals surface area contributed by atoms with E-state index in [-0.39, 0.29) is 23.1 Å². The molecular weight excluding hydrogens is 475 g/mol. The molecule has 0 radical (unpaired) electrons. The van der Waals surface area contributed by atoms with Gasteiger partial charge in [-0.15, -0.1) is 0 Å². The van der Waals surface area contributed by atoms with E-state index < -0.39 is 0 Å². The maximum Gasteiger partial charge on any atom is 0.223 e. The van der Waals surface area contributed by atoms with Crippen LogP contribution in [-0.2, 0) is 16.8 Å². The Balaban J connectivity index is 1.78. The van der Waals surface area contributed by atoms with Crippen molar-refractivity contribution < 1.29 is 9.18 Å². The molecule has 1 aliphatic heterocycles. The van der Waals surface area contributed by atoms with Crippen molar-refractivity contribution in [3.8, 4) is 0 Å². The summed E-state index contributed by atoms with van der Waals surface area (Å²) < 4.78 is 15.3. The normalized spacial score (nSPS) is 17.3. The Hall–Kier alpha value is -1.24. The first-order chi connectivity index (χ1) is 12.9. The lowest BCUT2D eigenvalue weighted by atomic mass is 9.65. The Morgan fingerprint density at radius 3 is 2.33 bits per heavy atom. The number of carbonyl (C=O) groups is 1. The summed E-state index contributed by atoms with van der Waals surface area (Å²) in [5.41, 5.74) is 1.79. The molecule has 1 heterocycles. The molecule has 2 aromatic carbocycles. The Labute approximate surface area is 176 Å². The summed E-state index contributed by atoms with van der Waals surface area (Å²) in [4.78, 5) is 13.0. The van der Waals surface area contributed by atoms with Gasteiger partial charge in [-0.25, -0.2) is 4.39 Å². The number of rotatable bonds is 5. The highest BCUT2D eigenvalue weighted by Crippen LogP contribution is 2.40. The van der Waals surface area contributed by atoms with Crippen LogP contribution in [0.15, 0.2) is 51.4 Å². The van der Waals surface area contributed by atoms with Crippen LogP contribution in [0.2, 0.25) is 0 Å². The number of piperidine rings is 1. The summed E-state index contributed by atoms with van der Waals surface area (Å²) in [7, 11) is 0. The van der Waals surface area contributed by atoms with Crippen LogP contribution in [0.3, 0.4) is 0 Å². The van der Waals surface area contributed by atoms with Crippen molar-refractivity contribution in [1.29, 1.82) is 0 Å². The van der Waals surface area contributed by atoms with Gasteiger partial charge in [0.15, 0.2) is 0 Å². The highest BCUT2D eigenvalue weighted by molar-refractivity contribution is 9.11. The van der Waals surface area contributed by atoms with E-state index in [1.54, 1.807) is 0 Å². The zero-order valence-corrected chi connectivity index (χ0v) is 18.4.